The van der Waals surface area contributed by atoms with E-state index in [0.717, 1.165) is 47.8 Å². The first-order valence-electron chi connectivity index (χ1n) is 8.11. The van der Waals surface area contributed by atoms with E-state index >= 15 is 0 Å². The Balaban J connectivity index is 1.78. The summed E-state index contributed by atoms with van der Waals surface area (Å²) >= 11 is 0. The largest absolute Gasteiger partial charge is 0.478 e. The number of fused-ring (bicyclic) bond motifs is 3. The van der Waals surface area contributed by atoms with Crippen LogP contribution in [0.15, 0.2) is 35.4 Å². The number of nitrogens with one attached hydrogen (secondary N) is 2. The number of aromatic amines is 2. The molecular formula is C17H18N4O3. The quantitative estimate of drug-likeness (QED) is 0.643. The van der Waals surface area contributed by atoms with Crippen LogP contribution in [0.2, 0.25) is 0 Å². The molecule has 0 aliphatic heterocycles. The molecule has 24 heavy (non-hydrogen) atoms. The van der Waals surface area contributed by atoms with Crippen molar-refractivity contribution in [2.45, 2.75) is 31.7 Å². The molecule has 3 aromatic rings. The summed E-state index contributed by atoms with van der Waals surface area (Å²) in [6.07, 6.45) is 10.1. The Kier molecular flexibility index (Phi) is 3.48. The van der Waals surface area contributed by atoms with Crippen LogP contribution in [0.5, 0.6) is 0 Å². The molecule has 124 valence electrons. The lowest BCUT2D eigenvalue weighted by atomic mass is 9.85. The first kappa shape index (κ1) is 14.7. The van der Waals surface area contributed by atoms with Gasteiger partial charge < -0.3 is 15.1 Å². The lowest BCUT2D eigenvalue weighted by molar-refractivity contribution is -0.131. The minimum Gasteiger partial charge on any atom is -0.478 e. The maximum Gasteiger partial charge on any atom is 0.327 e. The van der Waals surface area contributed by atoms with Gasteiger partial charge in [-0.05, 0) is 31.2 Å². The zero-order chi connectivity index (χ0) is 16.7. The molecule has 0 saturated heterocycles. The summed E-state index contributed by atoms with van der Waals surface area (Å²) < 4.78 is 1.83. The first-order chi connectivity index (χ1) is 11.6. The van der Waals surface area contributed by atoms with Crippen LogP contribution in [0.25, 0.3) is 22.1 Å². The number of H-pyrrole nitrogens is 2. The highest BCUT2D eigenvalue weighted by Crippen LogP contribution is 2.35. The lowest BCUT2D eigenvalue weighted by Gasteiger charge is -2.28. The second-order valence-electron chi connectivity index (χ2n) is 6.34. The lowest BCUT2D eigenvalue weighted by Crippen LogP contribution is -2.26. The van der Waals surface area contributed by atoms with Gasteiger partial charge in [-0.2, -0.15) is 0 Å². The maximum absolute atomic E-state index is 12.5. The van der Waals surface area contributed by atoms with E-state index in [0.29, 0.717) is 0 Å². The van der Waals surface area contributed by atoms with Gasteiger partial charge in [0.2, 0.25) is 0 Å². The van der Waals surface area contributed by atoms with Gasteiger partial charge in [-0.25, -0.2) is 14.6 Å². The van der Waals surface area contributed by atoms with Gasteiger partial charge in [0.15, 0.2) is 0 Å². The fourth-order valence-corrected chi connectivity index (χ4v) is 3.80. The van der Waals surface area contributed by atoms with Crippen molar-refractivity contribution in [2.75, 3.05) is 0 Å². The number of carboxylic acids is 1. The second kappa shape index (κ2) is 5.67. The molecule has 3 aromatic heterocycles. The molecular weight excluding hydrogens is 308 g/mol. The number of carbonyl (C=O) groups is 1. The Hall–Kier alpha value is -2.83. The molecule has 1 aliphatic carbocycles. The fraction of sp³-hybridized carbons (Fsp3) is 0.353. The molecule has 0 amide bonds. The minimum absolute atomic E-state index is 0.0592. The average molecular weight is 326 g/mol. The summed E-state index contributed by atoms with van der Waals surface area (Å²) in [7, 11) is 0. The summed E-state index contributed by atoms with van der Waals surface area (Å²) in [6, 6.07) is 1.99. The molecule has 3 heterocycles. The smallest absolute Gasteiger partial charge is 0.327 e. The van der Waals surface area contributed by atoms with Crippen LogP contribution >= 0.6 is 0 Å². The van der Waals surface area contributed by atoms with Gasteiger partial charge in [-0.3, -0.25) is 4.57 Å². The van der Waals surface area contributed by atoms with E-state index in [2.05, 4.69) is 15.0 Å². The Morgan fingerprint density at radius 2 is 2.29 bits per heavy atom. The van der Waals surface area contributed by atoms with Gasteiger partial charge in [0.05, 0.1) is 17.2 Å². The first-order valence-corrected chi connectivity index (χ1v) is 8.11. The maximum atomic E-state index is 12.5. The number of carboxylic acid groups (broad SMARTS) is 1. The molecule has 0 bridgehead atoms. The molecule has 4 rings (SSSR count). The van der Waals surface area contributed by atoms with Crippen molar-refractivity contribution in [3.8, 4) is 0 Å². The highest BCUT2D eigenvalue weighted by molar-refractivity contribution is 6.00. The van der Waals surface area contributed by atoms with Crippen molar-refractivity contribution in [3.63, 3.8) is 0 Å². The molecule has 0 unspecified atom stereocenters. The van der Waals surface area contributed by atoms with Crippen LogP contribution in [-0.2, 0) is 4.79 Å². The van der Waals surface area contributed by atoms with E-state index in [4.69, 9.17) is 5.11 Å². The number of hydrogen-bond donors (Lipinski definition) is 3. The zero-order valence-corrected chi connectivity index (χ0v) is 13.0. The SMILES string of the molecule is O=C(O)/C=C/[C@@H]1CCC[C@@H](n2c(=O)[nH]c3cnc4[nH]ccc4c32)C1. The van der Waals surface area contributed by atoms with E-state index in [-0.39, 0.29) is 17.6 Å². The predicted octanol–water partition coefficient (Wildman–Crippen LogP) is 2.58. The number of aliphatic carboxylic acids is 1. The monoisotopic (exact) mass is 326 g/mol. The van der Waals surface area contributed by atoms with Crippen LogP contribution in [0.1, 0.15) is 31.7 Å². The minimum atomic E-state index is -0.929. The second-order valence-corrected chi connectivity index (χ2v) is 6.34. The van der Waals surface area contributed by atoms with Gasteiger partial charge in [-0.15, -0.1) is 0 Å². The van der Waals surface area contributed by atoms with Gasteiger partial charge in [0.25, 0.3) is 0 Å². The Bertz CT molecular complexity index is 994. The summed E-state index contributed by atoms with van der Waals surface area (Å²) in [5.41, 5.74) is 2.23. The third-order valence-corrected chi connectivity index (χ3v) is 4.82. The van der Waals surface area contributed by atoms with Gasteiger partial charge in [-0.1, -0.05) is 12.5 Å². The number of imidazole rings is 1. The van der Waals surface area contributed by atoms with E-state index in [1.807, 2.05) is 16.8 Å². The average Bonchev–Trinajstić information content (AvgIpc) is 3.16. The fourth-order valence-electron chi connectivity index (χ4n) is 3.80. The Labute approximate surface area is 137 Å². The van der Waals surface area contributed by atoms with Crippen molar-refractivity contribution in [2.24, 2.45) is 5.92 Å². The summed E-state index contributed by atoms with van der Waals surface area (Å²) in [5, 5.41) is 9.74. The zero-order valence-electron chi connectivity index (χ0n) is 13.0. The summed E-state index contributed by atoms with van der Waals surface area (Å²) in [4.78, 5) is 33.6. The number of pyridine rings is 1. The summed E-state index contributed by atoms with van der Waals surface area (Å²) in [5.74, 6) is -0.748. The van der Waals surface area contributed by atoms with Crippen LogP contribution in [0.4, 0.5) is 0 Å². The van der Waals surface area contributed by atoms with Crippen molar-refractivity contribution in [1.29, 1.82) is 0 Å². The molecule has 1 saturated carbocycles. The number of rotatable bonds is 3. The number of aromatic nitrogens is 4. The van der Waals surface area contributed by atoms with E-state index in [9.17, 15) is 9.59 Å². The molecule has 3 N–H and O–H groups in total. The van der Waals surface area contributed by atoms with Crippen molar-refractivity contribution < 1.29 is 9.90 Å². The molecule has 7 nitrogen and oxygen atoms in total. The van der Waals surface area contributed by atoms with Crippen molar-refractivity contribution in [1.82, 2.24) is 19.5 Å². The third-order valence-electron chi connectivity index (χ3n) is 4.82. The van der Waals surface area contributed by atoms with E-state index in [1.165, 1.54) is 6.08 Å². The Morgan fingerprint density at radius 3 is 3.12 bits per heavy atom. The van der Waals surface area contributed by atoms with Crippen LogP contribution in [0, 0.1) is 5.92 Å². The molecule has 7 heteroatoms. The predicted molar refractivity (Wildman–Crippen MR) is 90.0 cm³/mol. The Morgan fingerprint density at radius 1 is 1.42 bits per heavy atom. The van der Waals surface area contributed by atoms with E-state index in [1.54, 1.807) is 12.3 Å². The summed E-state index contributed by atoms with van der Waals surface area (Å²) in [6.45, 7) is 0. The van der Waals surface area contributed by atoms with Crippen LogP contribution in [-0.4, -0.2) is 30.6 Å². The number of hydrogen-bond acceptors (Lipinski definition) is 3. The van der Waals surface area contributed by atoms with Crippen molar-refractivity contribution in [3.05, 3.63) is 41.1 Å². The molecule has 1 fully saturated rings. The van der Waals surface area contributed by atoms with Crippen molar-refractivity contribution >= 4 is 28.0 Å². The highest BCUT2D eigenvalue weighted by Gasteiger charge is 2.25. The van der Waals surface area contributed by atoms with E-state index < -0.39 is 5.97 Å². The normalized spacial score (nSPS) is 21.8. The third kappa shape index (κ3) is 2.42. The van der Waals surface area contributed by atoms with Crippen LogP contribution < -0.4 is 5.69 Å². The van der Waals surface area contributed by atoms with Gasteiger partial charge >= 0.3 is 11.7 Å². The molecule has 0 spiro atoms. The molecule has 0 radical (unpaired) electrons. The van der Waals surface area contributed by atoms with Gasteiger partial charge in [0, 0.05) is 23.7 Å². The van der Waals surface area contributed by atoms with Crippen LogP contribution in [0.3, 0.4) is 0 Å². The number of nitrogens with zero attached hydrogens (tertiary/aromatic N) is 2. The highest BCUT2D eigenvalue weighted by atomic mass is 16.4. The topological polar surface area (TPSA) is 104 Å². The molecule has 0 aromatic carbocycles. The molecule has 2 atom stereocenters. The standard InChI is InChI=1S/C17H18N4O3/c22-14(23)5-4-10-2-1-3-11(8-10)21-15-12-6-7-18-16(12)19-9-13(15)20-17(21)24/h4-7,9-11H,1-3,8H2,(H,18,19)(H,20,24)(H,22,23)/b5-4+/t10-,11+/m0/s1. The van der Waals surface area contributed by atoms with Gasteiger partial charge in [0.1, 0.15) is 5.65 Å². The number of allylic oxidation sites excluding steroid dienone is 1. The molecule has 1 aliphatic rings.